The molecule has 0 saturated heterocycles. The average molecular weight is 377 g/mol. The monoisotopic (exact) mass is 377 g/mol. The lowest BCUT2D eigenvalue weighted by molar-refractivity contribution is -0.119. The number of aromatic nitrogens is 2. The average Bonchev–Trinajstić information content (AvgIpc) is 3.18. The molecule has 2 saturated carbocycles. The lowest BCUT2D eigenvalue weighted by Crippen LogP contribution is -2.22. The van der Waals surface area contributed by atoms with Crippen molar-refractivity contribution in [2.45, 2.75) is 45.0 Å². The van der Waals surface area contributed by atoms with Gasteiger partial charge < -0.3 is 5.32 Å². The van der Waals surface area contributed by atoms with Crippen molar-refractivity contribution in [2.24, 2.45) is 18.4 Å². The SMILES string of the molecule is Cn1nc(NC(=O)[C@H]2C[C@]2(C)C(F)F)c(C2CCC2)c1-c1ccc(F)cc1. The minimum absolute atomic E-state index is 0.187. The van der Waals surface area contributed by atoms with E-state index in [1.165, 1.54) is 19.1 Å². The van der Waals surface area contributed by atoms with Crippen molar-refractivity contribution in [3.63, 3.8) is 0 Å². The van der Waals surface area contributed by atoms with Gasteiger partial charge in [-0.25, -0.2) is 13.2 Å². The van der Waals surface area contributed by atoms with Crippen LogP contribution in [0.4, 0.5) is 19.0 Å². The van der Waals surface area contributed by atoms with E-state index in [2.05, 4.69) is 10.4 Å². The Morgan fingerprint density at radius 1 is 1.30 bits per heavy atom. The number of carbonyl (C=O) groups excluding carboxylic acids is 1. The summed E-state index contributed by atoms with van der Waals surface area (Å²) in [7, 11) is 1.77. The highest BCUT2D eigenvalue weighted by molar-refractivity contribution is 5.96. The van der Waals surface area contributed by atoms with E-state index in [9.17, 15) is 18.0 Å². The normalized spacial score (nSPS) is 24.7. The number of amides is 1. The first kappa shape index (κ1) is 18.1. The quantitative estimate of drug-likeness (QED) is 0.819. The number of alkyl halides is 2. The maximum absolute atomic E-state index is 13.3. The number of halogens is 3. The number of nitrogens with one attached hydrogen (secondary N) is 1. The van der Waals surface area contributed by atoms with Crippen molar-refractivity contribution in [3.8, 4) is 11.3 Å². The molecule has 144 valence electrons. The second kappa shape index (κ2) is 6.39. The van der Waals surface area contributed by atoms with Gasteiger partial charge in [-0.3, -0.25) is 9.48 Å². The third kappa shape index (κ3) is 3.03. The van der Waals surface area contributed by atoms with Gasteiger partial charge in [-0.1, -0.05) is 13.3 Å². The van der Waals surface area contributed by atoms with Gasteiger partial charge in [0.25, 0.3) is 0 Å². The third-order valence-electron chi connectivity index (χ3n) is 6.05. The molecular weight excluding hydrogens is 355 g/mol. The standard InChI is InChI=1S/C20H22F3N3O/c1-20(19(22)23)10-14(20)18(27)24-17-15(11-4-3-5-11)16(26(2)25-17)12-6-8-13(21)9-7-12/h6-9,11,14,19H,3-5,10H2,1-2H3,(H,24,25,27)/t14-,20+/m1/s1. The predicted octanol–water partition coefficient (Wildman–Crippen LogP) is 4.72. The second-order valence-electron chi connectivity index (χ2n) is 7.92. The molecule has 0 unspecified atom stereocenters. The number of benzene rings is 1. The number of hydrogen-bond donors (Lipinski definition) is 1. The lowest BCUT2D eigenvalue weighted by atomic mass is 9.79. The first-order valence-electron chi connectivity index (χ1n) is 9.23. The molecule has 2 fully saturated rings. The van der Waals surface area contributed by atoms with Gasteiger partial charge in [-0.2, -0.15) is 5.10 Å². The molecule has 0 radical (unpaired) electrons. The van der Waals surface area contributed by atoms with Gasteiger partial charge in [0.1, 0.15) is 5.82 Å². The van der Waals surface area contributed by atoms with E-state index < -0.39 is 23.7 Å². The van der Waals surface area contributed by atoms with Gasteiger partial charge in [-0.05, 0) is 49.4 Å². The van der Waals surface area contributed by atoms with E-state index in [1.807, 2.05) is 0 Å². The van der Waals surface area contributed by atoms with Crippen LogP contribution < -0.4 is 5.32 Å². The molecule has 0 spiro atoms. The molecule has 4 nitrogen and oxygen atoms in total. The summed E-state index contributed by atoms with van der Waals surface area (Å²) in [4.78, 5) is 12.5. The maximum atomic E-state index is 13.3. The molecule has 1 aromatic carbocycles. The van der Waals surface area contributed by atoms with Gasteiger partial charge in [-0.15, -0.1) is 0 Å². The van der Waals surface area contributed by atoms with E-state index in [4.69, 9.17) is 0 Å². The van der Waals surface area contributed by atoms with Crippen LogP contribution in [-0.2, 0) is 11.8 Å². The van der Waals surface area contributed by atoms with Crippen molar-refractivity contribution >= 4 is 11.7 Å². The van der Waals surface area contributed by atoms with Gasteiger partial charge in [0.15, 0.2) is 5.82 Å². The molecule has 2 aromatic rings. The zero-order valence-electron chi connectivity index (χ0n) is 15.3. The minimum Gasteiger partial charge on any atom is -0.309 e. The van der Waals surface area contributed by atoms with Crippen LogP contribution in [0.25, 0.3) is 11.3 Å². The number of anilines is 1. The van der Waals surface area contributed by atoms with Crippen LogP contribution in [0.3, 0.4) is 0 Å². The Labute approximate surface area is 155 Å². The molecule has 2 aliphatic rings. The van der Waals surface area contributed by atoms with Gasteiger partial charge in [0, 0.05) is 29.5 Å². The minimum atomic E-state index is -2.52. The van der Waals surface area contributed by atoms with Crippen molar-refractivity contribution < 1.29 is 18.0 Å². The molecule has 7 heteroatoms. The summed E-state index contributed by atoms with van der Waals surface area (Å²) in [5, 5.41) is 7.25. The molecule has 1 heterocycles. The Hall–Kier alpha value is -2.31. The molecule has 2 aliphatic carbocycles. The fraction of sp³-hybridized carbons (Fsp3) is 0.500. The summed E-state index contributed by atoms with van der Waals surface area (Å²) < 4.78 is 41.2. The highest BCUT2D eigenvalue weighted by Gasteiger charge is 2.60. The van der Waals surface area contributed by atoms with Crippen LogP contribution >= 0.6 is 0 Å². The van der Waals surface area contributed by atoms with Crippen LogP contribution in [0.1, 0.15) is 44.1 Å². The molecule has 0 aliphatic heterocycles. The van der Waals surface area contributed by atoms with Gasteiger partial charge in [0.2, 0.25) is 12.3 Å². The smallest absolute Gasteiger partial charge is 0.244 e. The molecular formula is C20H22F3N3O. The van der Waals surface area contributed by atoms with Crippen molar-refractivity contribution in [3.05, 3.63) is 35.6 Å². The summed E-state index contributed by atoms with van der Waals surface area (Å²) in [6.07, 6.45) is 0.745. The van der Waals surface area contributed by atoms with E-state index in [0.717, 1.165) is 36.1 Å². The molecule has 1 N–H and O–H groups in total. The number of aryl methyl sites for hydroxylation is 1. The zero-order chi connectivity index (χ0) is 19.3. The Balaban J connectivity index is 1.66. The Morgan fingerprint density at radius 2 is 1.96 bits per heavy atom. The Morgan fingerprint density at radius 3 is 2.48 bits per heavy atom. The van der Waals surface area contributed by atoms with Crippen LogP contribution in [-0.4, -0.2) is 22.1 Å². The largest absolute Gasteiger partial charge is 0.309 e. The third-order valence-corrected chi connectivity index (χ3v) is 6.05. The Bertz CT molecular complexity index is 873. The number of carbonyl (C=O) groups is 1. The summed E-state index contributed by atoms with van der Waals surface area (Å²) in [6.45, 7) is 1.44. The van der Waals surface area contributed by atoms with Crippen molar-refractivity contribution in [2.75, 3.05) is 5.32 Å². The number of hydrogen-bond acceptors (Lipinski definition) is 2. The lowest BCUT2D eigenvalue weighted by Gasteiger charge is -2.27. The van der Waals surface area contributed by atoms with Crippen LogP contribution in [0, 0.1) is 17.2 Å². The van der Waals surface area contributed by atoms with Crippen LogP contribution in [0.5, 0.6) is 0 Å². The Kier molecular flexibility index (Phi) is 4.28. The van der Waals surface area contributed by atoms with Gasteiger partial charge >= 0.3 is 0 Å². The van der Waals surface area contributed by atoms with Crippen LogP contribution in [0.15, 0.2) is 24.3 Å². The molecule has 27 heavy (non-hydrogen) atoms. The number of rotatable bonds is 5. The molecule has 1 aromatic heterocycles. The fourth-order valence-corrected chi connectivity index (χ4v) is 3.88. The summed E-state index contributed by atoms with van der Waals surface area (Å²) in [6, 6.07) is 6.16. The molecule has 4 rings (SSSR count). The zero-order valence-corrected chi connectivity index (χ0v) is 15.3. The van der Waals surface area contributed by atoms with E-state index in [1.54, 1.807) is 23.9 Å². The molecule has 0 bridgehead atoms. The van der Waals surface area contributed by atoms with Crippen molar-refractivity contribution in [1.29, 1.82) is 0 Å². The van der Waals surface area contributed by atoms with E-state index in [-0.39, 0.29) is 18.2 Å². The highest BCUT2D eigenvalue weighted by atomic mass is 19.3. The number of nitrogens with zero attached hydrogens (tertiary/aromatic N) is 2. The van der Waals surface area contributed by atoms with Crippen molar-refractivity contribution in [1.82, 2.24) is 9.78 Å². The van der Waals surface area contributed by atoms with E-state index in [0.29, 0.717) is 5.82 Å². The summed E-state index contributed by atoms with van der Waals surface area (Å²) in [5.74, 6) is -0.713. The van der Waals surface area contributed by atoms with Gasteiger partial charge in [0.05, 0.1) is 5.69 Å². The summed E-state index contributed by atoms with van der Waals surface area (Å²) >= 11 is 0. The summed E-state index contributed by atoms with van der Waals surface area (Å²) in [5.41, 5.74) is 1.33. The molecule has 1 amide bonds. The van der Waals surface area contributed by atoms with E-state index >= 15 is 0 Å². The first-order chi connectivity index (χ1) is 12.8. The highest BCUT2D eigenvalue weighted by Crippen LogP contribution is 2.57. The molecule has 2 atom stereocenters. The topological polar surface area (TPSA) is 46.9 Å². The second-order valence-corrected chi connectivity index (χ2v) is 7.92. The predicted molar refractivity (Wildman–Crippen MR) is 96.0 cm³/mol. The maximum Gasteiger partial charge on any atom is 0.244 e. The van der Waals surface area contributed by atoms with Crippen LogP contribution in [0.2, 0.25) is 0 Å². The first-order valence-corrected chi connectivity index (χ1v) is 9.23. The fourth-order valence-electron chi connectivity index (χ4n) is 3.88.